The van der Waals surface area contributed by atoms with Gasteiger partial charge in [0.05, 0.1) is 0 Å². The summed E-state index contributed by atoms with van der Waals surface area (Å²) in [5, 5.41) is 20.3. The number of hydrogen-bond donors (Lipinski definition) is 0. The van der Waals surface area contributed by atoms with E-state index in [1.807, 2.05) is 0 Å². The SMILES string of the molecule is [O-]B([O-])c1ccccc1.[Zn+2]. The van der Waals surface area contributed by atoms with E-state index in [9.17, 15) is 10.0 Å². The van der Waals surface area contributed by atoms with E-state index in [4.69, 9.17) is 0 Å². The van der Waals surface area contributed by atoms with E-state index in [0.29, 0.717) is 5.46 Å². The van der Waals surface area contributed by atoms with Crippen LogP contribution in [0.15, 0.2) is 30.3 Å². The summed E-state index contributed by atoms with van der Waals surface area (Å²) in [4.78, 5) is 0. The third-order valence-electron chi connectivity index (χ3n) is 1.07. The van der Waals surface area contributed by atoms with Crippen LogP contribution >= 0.6 is 0 Å². The van der Waals surface area contributed by atoms with Gasteiger partial charge >= 0.3 is 19.5 Å². The molecule has 4 heteroatoms. The van der Waals surface area contributed by atoms with Gasteiger partial charge in [0, 0.05) is 0 Å². The van der Waals surface area contributed by atoms with Gasteiger partial charge in [-0.15, -0.1) is 5.46 Å². The fraction of sp³-hybridized carbons (Fsp3) is 0. The summed E-state index contributed by atoms with van der Waals surface area (Å²) in [7, 11) is -1.84. The van der Waals surface area contributed by atoms with Gasteiger partial charge in [-0.2, -0.15) is 0 Å². The molecule has 0 spiro atoms. The molecule has 0 N–H and O–H groups in total. The molecular formula is C6H5BO2Zn. The van der Waals surface area contributed by atoms with Crippen molar-refractivity contribution in [2.24, 2.45) is 0 Å². The van der Waals surface area contributed by atoms with E-state index in [1.165, 1.54) is 12.1 Å². The first-order chi connectivity index (χ1) is 4.30. The van der Waals surface area contributed by atoms with Crippen LogP contribution in [0.5, 0.6) is 0 Å². The zero-order chi connectivity index (χ0) is 6.69. The minimum atomic E-state index is -1.84. The first-order valence-electron chi connectivity index (χ1n) is 2.67. The van der Waals surface area contributed by atoms with Crippen LogP contribution in [0.2, 0.25) is 0 Å². The fourth-order valence-corrected chi connectivity index (χ4v) is 0.610. The molecule has 0 aliphatic heterocycles. The van der Waals surface area contributed by atoms with E-state index in [1.54, 1.807) is 18.2 Å². The summed E-state index contributed by atoms with van der Waals surface area (Å²) < 4.78 is 0. The van der Waals surface area contributed by atoms with Crippen molar-refractivity contribution in [3.05, 3.63) is 30.3 Å². The molecule has 1 aromatic rings. The van der Waals surface area contributed by atoms with Crippen molar-refractivity contribution in [2.75, 3.05) is 0 Å². The number of benzene rings is 1. The molecule has 0 saturated carbocycles. The molecular weight excluding hydrogens is 180 g/mol. The first kappa shape index (κ1) is 9.83. The van der Waals surface area contributed by atoms with Gasteiger partial charge in [-0.05, 0) is 0 Å². The Labute approximate surface area is 72.8 Å². The Morgan fingerprint density at radius 1 is 1.00 bits per heavy atom. The van der Waals surface area contributed by atoms with Crippen LogP contribution in [-0.4, -0.2) is 7.12 Å². The van der Waals surface area contributed by atoms with Crippen molar-refractivity contribution < 1.29 is 29.5 Å². The molecule has 0 saturated heterocycles. The summed E-state index contributed by atoms with van der Waals surface area (Å²) in [5.74, 6) is 0. The molecule has 1 rings (SSSR count). The van der Waals surface area contributed by atoms with Gasteiger partial charge in [0.25, 0.3) is 0 Å². The molecule has 0 heterocycles. The smallest absolute Gasteiger partial charge is 0.889 e. The Balaban J connectivity index is 0.000000810. The zero-order valence-corrected chi connectivity index (χ0v) is 8.45. The van der Waals surface area contributed by atoms with Crippen molar-refractivity contribution >= 4 is 12.6 Å². The van der Waals surface area contributed by atoms with E-state index in [-0.39, 0.29) is 19.5 Å². The summed E-state index contributed by atoms with van der Waals surface area (Å²) in [6, 6.07) is 8.19. The molecule has 0 bridgehead atoms. The second-order valence-electron chi connectivity index (χ2n) is 1.74. The van der Waals surface area contributed by atoms with Gasteiger partial charge < -0.3 is 10.0 Å². The van der Waals surface area contributed by atoms with Gasteiger partial charge in [0.15, 0.2) is 0 Å². The summed E-state index contributed by atoms with van der Waals surface area (Å²) in [6.07, 6.45) is 0. The maximum atomic E-state index is 10.2. The normalized spacial score (nSPS) is 8.20. The maximum absolute atomic E-state index is 10.2. The van der Waals surface area contributed by atoms with Gasteiger partial charge in [0.1, 0.15) is 0 Å². The monoisotopic (exact) mass is 184 g/mol. The van der Waals surface area contributed by atoms with Crippen molar-refractivity contribution in [3.8, 4) is 0 Å². The van der Waals surface area contributed by atoms with Crippen LogP contribution in [0.4, 0.5) is 0 Å². The van der Waals surface area contributed by atoms with Crippen molar-refractivity contribution in [2.45, 2.75) is 0 Å². The average molecular weight is 185 g/mol. The van der Waals surface area contributed by atoms with E-state index in [0.717, 1.165) is 0 Å². The summed E-state index contributed by atoms with van der Waals surface area (Å²) in [5.41, 5.74) is 0.303. The molecule has 10 heavy (non-hydrogen) atoms. The first-order valence-corrected chi connectivity index (χ1v) is 2.67. The van der Waals surface area contributed by atoms with Crippen molar-refractivity contribution in [1.82, 2.24) is 0 Å². The topological polar surface area (TPSA) is 46.1 Å². The molecule has 0 aliphatic carbocycles. The molecule has 0 amide bonds. The molecule has 1 aromatic carbocycles. The zero-order valence-electron chi connectivity index (χ0n) is 5.49. The van der Waals surface area contributed by atoms with Crippen LogP contribution in [0.1, 0.15) is 0 Å². The Hall–Kier alpha value is -0.172. The van der Waals surface area contributed by atoms with Gasteiger partial charge in [-0.1, -0.05) is 37.5 Å². The maximum Gasteiger partial charge on any atom is 2.00 e. The molecule has 0 unspecified atom stereocenters. The van der Waals surface area contributed by atoms with Crippen LogP contribution in [0, 0.1) is 0 Å². The number of rotatable bonds is 1. The summed E-state index contributed by atoms with van der Waals surface area (Å²) >= 11 is 0. The molecule has 46 valence electrons. The van der Waals surface area contributed by atoms with Crippen LogP contribution in [-0.2, 0) is 19.5 Å². The van der Waals surface area contributed by atoms with Crippen LogP contribution in [0.25, 0.3) is 0 Å². The standard InChI is InChI=1S/C6H5BO2.Zn/c8-7(9)6-4-2-1-3-5-6;/h1-5H;/q-2;+2. The quantitative estimate of drug-likeness (QED) is 0.480. The van der Waals surface area contributed by atoms with Crippen LogP contribution < -0.4 is 15.5 Å². The number of hydrogen-bond acceptors (Lipinski definition) is 2. The second kappa shape index (κ2) is 4.61. The molecule has 0 aliphatic rings. The van der Waals surface area contributed by atoms with Gasteiger partial charge in [-0.3, -0.25) is 0 Å². The van der Waals surface area contributed by atoms with Crippen molar-refractivity contribution in [3.63, 3.8) is 0 Å². The predicted octanol–water partition coefficient (Wildman–Crippen LogP) is -1.90. The Kier molecular flexibility index (Phi) is 4.53. The molecule has 2 nitrogen and oxygen atoms in total. The summed E-state index contributed by atoms with van der Waals surface area (Å²) in [6.45, 7) is 0. The molecule has 0 radical (unpaired) electrons. The third kappa shape index (κ3) is 2.61. The minimum Gasteiger partial charge on any atom is -0.889 e. The van der Waals surface area contributed by atoms with E-state index >= 15 is 0 Å². The Bertz CT molecular complexity index is 178. The Morgan fingerprint density at radius 3 is 1.80 bits per heavy atom. The Morgan fingerprint density at radius 2 is 1.50 bits per heavy atom. The minimum absolute atomic E-state index is 0. The van der Waals surface area contributed by atoms with E-state index < -0.39 is 7.12 Å². The molecule has 0 atom stereocenters. The van der Waals surface area contributed by atoms with Crippen molar-refractivity contribution in [1.29, 1.82) is 0 Å². The molecule has 0 fully saturated rings. The fourth-order valence-electron chi connectivity index (χ4n) is 0.610. The molecule has 0 aromatic heterocycles. The van der Waals surface area contributed by atoms with Crippen LogP contribution in [0.3, 0.4) is 0 Å². The predicted molar refractivity (Wildman–Crippen MR) is 31.8 cm³/mol. The van der Waals surface area contributed by atoms with E-state index in [2.05, 4.69) is 0 Å². The van der Waals surface area contributed by atoms with Gasteiger partial charge in [-0.25, -0.2) is 0 Å². The van der Waals surface area contributed by atoms with Gasteiger partial charge in [0.2, 0.25) is 0 Å². The largest absolute Gasteiger partial charge is 2.00 e. The average Bonchev–Trinajstić information content (AvgIpc) is 1.90. The third-order valence-corrected chi connectivity index (χ3v) is 1.07. The second-order valence-corrected chi connectivity index (χ2v) is 1.74.